The van der Waals surface area contributed by atoms with Crippen molar-refractivity contribution < 1.29 is 0 Å². The quantitative estimate of drug-likeness (QED) is 0.788. The first kappa shape index (κ1) is 9.93. The molecule has 0 amide bonds. The van der Waals surface area contributed by atoms with Gasteiger partial charge in [0.2, 0.25) is 0 Å². The molecule has 0 fully saturated rings. The van der Waals surface area contributed by atoms with Crippen molar-refractivity contribution in [3.63, 3.8) is 0 Å². The van der Waals surface area contributed by atoms with Crippen LogP contribution in [-0.4, -0.2) is 9.78 Å². The van der Waals surface area contributed by atoms with Gasteiger partial charge in [0.1, 0.15) is 0 Å². The van der Waals surface area contributed by atoms with Crippen LogP contribution in [0.4, 0.5) is 0 Å². The van der Waals surface area contributed by atoms with Crippen LogP contribution >= 0.6 is 31.9 Å². The summed E-state index contributed by atoms with van der Waals surface area (Å²) in [5, 5.41) is 4.30. The van der Waals surface area contributed by atoms with Gasteiger partial charge in [-0.3, -0.25) is 4.68 Å². The van der Waals surface area contributed by atoms with E-state index in [1.54, 1.807) is 4.68 Å². The number of nitrogens with zero attached hydrogens (tertiary/aromatic N) is 2. The van der Waals surface area contributed by atoms with E-state index in [-0.39, 0.29) is 0 Å². The maximum atomic E-state index is 4.30. The lowest BCUT2D eigenvalue weighted by molar-refractivity contribution is 0.764. The largest absolute Gasteiger partial charge is 0.266 e. The molecule has 0 atom stereocenters. The van der Waals surface area contributed by atoms with E-state index in [0.29, 0.717) is 0 Å². The molecule has 0 saturated heterocycles. The van der Waals surface area contributed by atoms with E-state index >= 15 is 0 Å². The standard InChI is InChI=1S/C10H7Br2N2/c1-14-6-5-9(13-14)10-7(11)3-2-4-8(10)12/h2-5H,1H3. The molecule has 1 heterocycles. The van der Waals surface area contributed by atoms with Gasteiger partial charge in [0.05, 0.1) is 11.9 Å². The van der Waals surface area contributed by atoms with Crippen LogP contribution < -0.4 is 0 Å². The van der Waals surface area contributed by atoms with Gasteiger partial charge in [0.15, 0.2) is 0 Å². The summed E-state index contributed by atoms with van der Waals surface area (Å²) in [7, 11) is 1.86. The molecule has 0 N–H and O–H groups in total. The van der Waals surface area contributed by atoms with Gasteiger partial charge in [0, 0.05) is 21.6 Å². The van der Waals surface area contributed by atoms with Crippen LogP contribution in [0.15, 0.2) is 33.2 Å². The Labute approximate surface area is 99.2 Å². The molecule has 71 valence electrons. The number of rotatable bonds is 1. The molecular formula is C10H7Br2N2. The van der Waals surface area contributed by atoms with E-state index in [4.69, 9.17) is 0 Å². The topological polar surface area (TPSA) is 17.8 Å². The lowest BCUT2D eigenvalue weighted by Crippen LogP contribution is -1.89. The summed E-state index contributed by atoms with van der Waals surface area (Å²) >= 11 is 7.00. The van der Waals surface area contributed by atoms with Gasteiger partial charge in [-0.1, -0.05) is 37.9 Å². The Kier molecular flexibility index (Phi) is 2.74. The molecule has 1 radical (unpaired) electrons. The summed E-state index contributed by atoms with van der Waals surface area (Å²) in [6.45, 7) is 0. The number of benzene rings is 1. The Balaban J connectivity index is 2.61. The van der Waals surface area contributed by atoms with Crippen molar-refractivity contribution in [3.05, 3.63) is 39.4 Å². The highest BCUT2D eigenvalue weighted by molar-refractivity contribution is 9.11. The fraction of sp³-hybridized carbons (Fsp3) is 0.100. The third-order valence-corrected chi connectivity index (χ3v) is 3.19. The molecule has 0 saturated carbocycles. The number of hydrogen-bond acceptors (Lipinski definition) is 1. The summed E-state index contributed by atoms with van der Waals surface area (Å²) in [6, 6.07) is 7.83. The summed E-state index contributed by atoms with van der Waals surface area (Å²) in [5.74, 6) is 0. The van der Waals surface area contributed by atoms with Gasteiger partial charge in [-0.2, -0.15) is 5.10 Å². The van der Waals surface area contributed by atoms with E-state index < -0.39 is 0 Å². The van der Waals surface area contributed by atoms with Crippen molar-refractivity contribution in [1.82, 2.24) is 9.78 Å². The summed E-state index contributed by atoms with van der Waals surface area (Å²) in [4.78, 5) is 0. The van der Waals surface area contributed by atoms with Crippen LogP contribution in [0.25, 0.3) is 11.3 Å². The van der Waals surface area contributed by atoms with E-state index in [0.717, 1.165) is 20.2 Å². The molecule has 2 rings (SSSR count). The molecule has 14 heavy (non-hydrogen) atoms. The van der Waals surface area contributed by atoms with Crippen LogP contribution in [0, 0.1) is 6.20 Å². The molecule has 1 aromatic heterocycles. The number of halogens is 2. The number of hydrogen-bond donors (Lipinski definition) is 0. The second-order valence-corrected chi connectivity index (χ2v) is 4.59. The van der Waals surface area contributed by atoms with Crippen molar-refractivity contribution >= 4 is 31.9 Å². The van der Waals surface area contributed by atoms with Crippen LogP contribution in [0.3, 0.4) is 0 Å². The highest BCUT2D eigenvalue weighted by Gasteiger charge is 2.09. The minimum absolute atomic E-state index is 0.909. The zero-order valence-corrected chi connectivity index (χ0v) is 10.6. The summed E-state index contributed by atoms with van der Waals surface area (Å²) in [6.07, 6.45) is 2.99. The first-order valence-corrected chi connectivity index (χ1v) is 5.63. The molecule has 0 aliphatic heterocycles. The van der Waals surface area contributed by atoms with Gasteiger partial charge in [-0.15, -0.1) is 0 Å². The van der Waals surface area contributed by atoms with E-state index in [1.807, 2.05) is 31.3 Å². The van der Waals surface area contributed by atoms with Crippen molar-refractivity contribution in [3.8, 4) is 11.3 Å². The van der Waals surface area contributed by atoms with Crippen LogP contribution in [-0.2, 0) is 7.05 Å². The van der Waals surface area contributed by atoms with E-state index in [1.165, 1.54) is 0 Å². The highest BCUT2D eigenvalue weighted by atomic mass is 79.9. The normalized spacial score (nSPS) is 10.5. The van der Waals surface area contributed by atoms with Crippen molar-refractivity contribution in [2.45, 2.75) is 0 Å². The summed E-state index contributed by atoms with van der Waals surface area (Å²) in [5.41, 5.74) is 1.97. The van der Waals surface area contributed by atoms with E-state index in [2.05, 4.69) is 43.2 Å². The lowest BCUT2D eigenvalue weighted by atomic mass is 10.2. The second-order valence-electron chi connectivity index (χ2n) is 2.88. The Morgan fingerprint density at radius 2 is 1.93 bits per heavy atom. The smallest absolute Gasteiger partial charge is 0.0952 e. The predicted molar refractivity (Wildman–Crippen MR) is 62.9 cm³/mol. The van der Waals surface area contributed by atoms with E-state index in [9.17, 15) is 0 Å². The molecule has 4 heteroatoms. The maximum Gasteiger partial charge on any atom is 0.0952 e. The van der Waals surface area contributed by atoms with Gasteiger partial charge in [0.25, 0.3) is 0 Å². The predicted octanol–water partition coefficient (Wildman–Crippen LogP) is 3.41. The number of aryl methyl sites for hydroxylation is 1. The van der Waals surface area contributed by atoms with Crippen LogP contribution in [0.1, 0.15) is 0 Å². The fourth-order valence-electron chi connectivity index (χ4n) is 1.24. The third-order valence-electron chi connectivity index (χ3n) is 1.86. The molecule has 0 aliphatic carbocycles. The Morgan fingerprint density at radius 1 is 1.29 bits per heavy atom. The van der Waals surface area contributed by atoms with Gasteiger partial charge >= 0.3 is 0 Å². The van der Waals surface area contributed by atoms with Gasteiger partial charge in [-0.25, -0.2) is 0 Å². The van der Waals surface area contributed by atoms with Crippen molar-refractivity contribution in [2.75, 3.05) is 0 Å². The van der Waals surface area contributed by atoms with Crippen molar-refractivity contribution in [2.24, 2.45) is 7.05 Å². The Morgan fingerprint density at radius 3 is 2.43 bits per heavy atom. The molecule has 0 unspecified atom stereocenters. The SMILES string of the molecule is Cn1[c]cc(-c2c(Br)cccc2Br)n1. The minimum Gasteiger partial charge on any atom is -0.266 e. The van der Waals surface area contributed by atoms with Crippen LogP contribution in [0.5, 0.6) is 0 Å². The second kappa shape index (κ2) is 3.87. The van der Waals surface area contributed by atoms with Crippen molar-refractivity contribution in [1.29, 1.82) is 0 Å². The molecule has 0 spiro atoms. The first-order chi connectivity index (χ1) is 6.68. The summed E-state index contributed by atoms with van der Waals surface area (Å²) < 4.78 is 3.72. The third kappa shape index (κ3) is 1.77. The zero-order valence-electron chi connectivity index (χ0n) is 7.46. The Hall–Kier alpha value is -0.610. The fourth-order valence-corrected chi connectivity index (χ4v) is 2.64. The lowest BCUT2D eigenvalue weighted by Gasteiger charge is -2.03. The highest BCUT2D eigenvalue weighted by Crippen LogP contribution is 2.33. The molecule has 2 nitrogen and oxygen atoms in total. The van der Waals surface area contributed by atoms with Crippen LogP contribution in [0.2, 0.25) is 0 Å². The Bertz CT molecular complexity index is 443. The molecule has 0 aliphatic rings. The molecule has 0 bridgehead atoms. The van der Waals surface area contributed by atoms with Gasteiger partial charge in [-0.05, 0) is 18.2 Å². The monoisotopic (exact) mass is 313 g/mol. The number of aromatic nitrogens is 2. The minimum atomic E-state index is 0.909. The van der Waals surface area contributed by atoms with Gasteiger partial charge < -0.3 is 0 Å². The molecule has 1 aromatic carbocycles. The first-order valence-electron chi connectivity index (χ1n) is 4.04. The molecular weight excluding hydrogens is 308 g/mol. The molecule has 2 aromatic rings. The average molecular weight is 315 g/mol. The maximum absolute atomic E-state index is 4.30. The average Bonchev–Trinajstić information content (AvgIpc) is 2.51. The zero-order chi connectivity index (χ0) is 10.1.